The van der Waals surface area contributed by atoms with Crippen molar-refractivity contribution in [1.29, 1.82) is 0 Å². The zero-order valence-electron chi connectivity index (χ0n) is 6.96. The molecule has 0 saturated carbocycles. The van der Waals surface area contributed by atoms with Gasteiger partial charge in [0.05, 0.1) is 5.56 Å². The number of rotatable bonds is 4. The molecule has 0 aliphatic heterocycles. The van der Waals surface area contributed by atoms with Crippen molar-refractivity contribution in [3.63, 3.8) is 0 Å². The molecule has 0 bridgehead atoms. The number of hydrogen-bond donors (Lipinski definition) is 2. The molecule has 0 heterocycles. The number of phenols is 1. The van der Waals surface area contributed by atoms with E-state index in [4.69, 9.17) is 0 Å². The van der Waals surface area contributed by atoms with Crippen molar-refractivity contribution in [2.45, 2.75) is 0 Å². The van der Waals surface area contributed by atoms with Crippen molar-refractivity contribution < 1.29 is 9.90 Å². The van der Waals surface area contributed by atoms with Crippen LogP contribution >= 0.6 is 15.9 Å². The van der Waals surface area contributed by atoms with Gasteiger partial charge in [0, 0.05) is 23.6 Å². The Hall–Kier alpha value is -1.03. The molecule has 4 heteroatoms. The van der Waals surface area contributed by atoms with Gasteiger partial charge in [0.15, 0.2) is 6.29 Å². The summed E-state index contributed by atoms with van der Waals surface area (Å²) >= 11 is 3.27. The van der Waals surface area contributed by atoms with Crippen molar-refractivity contribution in [1.82, 2.24) is 0 Å². The van der Waals surface area contributed by atoms with Crippen LogP contribution in [-0.2, 0) is 0 Å². The highest BCUT2D eigenvalue weighted by atomic mass is 79.9. The van der Waals surface area contributed by atoms with Crippen LogP contribution in [0.1, 0.15) is 10.4 Å². The Morgan fingerprint density at radius 2 is 2.31 bits per heavy atom. The fourth-order valence-electron chi connectivity index (χ4n) is 0.945. The molecule has 13 heavy (non-hydrogen) atoms. The number of carbonyl (C=O) groups excluding carboxylic acids is 1. The third-order valence-electron chi connectivity index (χ3n) is 1.58. The number of halogens is 1. The van der Waals surface area contributed by atoms with E-state index in [9.17, 15) is 9.90 Å². The number of nitrogens with one attached hydrogen (secondary N) is 1. The van der Waals surface area contributed by atoms with Gasteiger partial charge in [0.2, 0.25) is 0 Å². The van der Waals surface area contributed by atoms with Gasteiger partial charge in [0.1, 0.15) is 5.75 Å². The molecule has 3 nitrogen and oxygen atoms in total. The van der Waals surface area contributed by atoms with Crippen molar-refractivity contribution >= 4 is 27.9 Å². The van der Waals surface area contributed by atoms with Crippen molar-refractivity contribution in [3.05, 3.63) is 23.8 Å². The minimum absolute atomic E-state index is 0.00886. The molecule has 2 N–H and O–H groups in total. The van der Waals surface area contributed by atoms with E-state index in [-0.39, 0.29) is 5.75 Å². The third kappa shape index (κ3) is 2.73. The van der Waals surface area contributed by atoms with Gasteiger partial charge in [-0.15, -0.1) is 0 Å². The largest absolute Gasteiger partial charge is 0.507 e. The molecule has 0 radical (unpaired) electrons. The quantitative estimate of drug-likeness (QED) is 0.629. The molecule has 1 aromatic rings. The maximum atomic E-state index is 10.4. The van der Waals surface area contributed by atoms with Gasteiger partial charge in [-0.1, -0.05) is 15.9 Å². The molecular weight excluding hydrogens is 234 g/mol. The summed E-state index contributed by atoms with van der Waals surface area (Å²) in [7, 11) is 0. The monoisotopic (exact) mass is 243 g/mol. The zero-order chi connectivity index (χ0) is 9.68. The Morgan fingerprint density at radius 3 is 2.85 bits per heavy atom. The summed E-state index contributed by atoms with van der Waals surface area (Å²) in [5.74, 6) is 0.00886. The maximum Gasteiger partial charge on any atom is 0.153 e. The zero-order valence-corrected chi connectivity index (χ0v) is 8.54. The molecule has 0 aliphatic carbocycles. The van der Waals surface area contributed by atoms with Gasteiger partial charge in [-0.3, -0.25) is 4.79 Å². The predicted octanol–water partition coefficient (Wildman–Crippen LogP) is 2.01. The van der Waals surface area contributed by atoms with Gasteiger partial charge < -0.3 is 10.4 Å². The number of benzene rings is 1. The minimum Gasteiger partial charge on any atom is -0.507 e. The van der Waals surface area contributed by atoms with Gasteiger partial charge in [-0.05, 0) is 12.1 Å². The van der Waals surface area contributed by atoms with Crippen LogP contribution in [0.2, 0.25) is 0 Å². The second kappa shape index (κ2) is 4.87. The summed E-state index contributed by atoms with van der Waals surface area (Å²) < 4.78 is 0. The second-order valence-electron chi connectivity index (χ2n) is 2.51. The highest BCUT2D eigenvalue weighted by Crippen LogP contribution is 2.19. The molecule has 0 amide bonds. The Morgan fingerprint density at radius 1 is 1.54 bits per heavy atom. The van der Waals surface area contributed by atoms with Gasteiger partial charge >= 0.3 is 0 Å². The lowest BCUT2D eigenvalue weighted by Crippen LogP contribution is -2.01. The standard InChI is InChI=1S/C9H10BrNO2/c10-3-4-11-8-2-1-7(6-12)9(13)5-8/h1-2,5-6,11,13H,3-4H2. The Bertz CT molecular complexity index is 302. The maximum absolute atomic E-state index is 10.4. The SMILES string of the molecule is O=Cc1ccc(NCCBr)cc1O. The first kappa shape index (κ1) is 10.1. The number of hydrogen-bond acceptors (Lipinski definition) is 3. The number of carbonyl (C=O) groups is 1. The van der Waals surface area contributed by atoms with E-state index in [1.165, 1.54) is 6.07 Å². The lowest BCUT2D eigenvalue weighted by atomic mass is 10.2. The Balaban J connectivity index is 2.77. The summed E-state index contributed by atoms with van der Waals surface area (Å²) in [6.45, 7) is 0.778. The molecule has 0 saturated heterocycles. The number of anilines is 1. The first-order chi connectivity index (χ1) is 6.27. The van der Waals surface area contributed by atoms with E-state index in [1.54, 1.807) is 12.1 Å². The van der Waals surface area contributed by atoms with Crippen LogP contribution in [-0.4, -0.2) is 23.3 Å². The molecular formula is C9H10BrNO2. The summed E-state index contributed by atoms with van der Waals surface area (Å²) in [6.07, 6.45) is 0.629. The van der Waals surface area contributed by atoms with E-state index in [1.807, 2.05) is 0 Å². The van der Waals surface area contributed by atoms with E-state index in [2.05, 4.69) is 21.2 Å². The third-order valence-corrected chi connectivity index (χ3v) is 1.98. The number of alkyl halides is 1. The average molecular weight is 244 g/mol. The number of aromatic hydroxyl groups is 1. The molecule has 0 spiro atoms. The molecule has 0 aliphatic rings. The molecule has 0 unspecified atom stereocenters. The molecule has 70 valence electrons. The Kier molecular flexibility index (Phi) is 3.76. The van der Waals surface area contributed by atoms with Crippen molar-refractivity contribution in [3.8, 4) is 5.75 Å². The summed E-state index contributed by atoms with van der Waals surface area (Å²) in [4.78, 5) is 10.4. The highest BCUT2D eigenvalue weighted by Gasteiger charge is 1.99. The van der Waals surface area contributed by atoms with Gasteiger partial charge in [-0.25, -0.2) is 0 Å². The smallest absolute Gasteiger partial charge is 0.153 e. The number of aldehydes is 1. The molecule has 0 atom stereocenters. The van der Waals surface area contributed by atoms with Crippen molar-refractivity contribution in [2.24, 2.45) is 0 Å². The van der Waals surface area contributed by atoms with E-state index < -0.39 is 0 Å². The van der Waals surface area contributed by atoms with Gasteiger partial charge in [0.25, 0.3) is 0 Å². The first-order valence-corrected chi connectivity index (χ1v) is 4.98. The average Bonchev–Trinajstić information content (AvgIpc) is 2.15. The predicted molar refractivity (Wildman–Crippen MR) is 55.8 cm³/mol. The van der Waals surface area contributed by atoms with Crippen LogP contribution in [0.3, 0.4) is 0 Å². The molecule has 1 rings (SSSR count). The highest BCUT2D eigenvalue weighted by molar-refractivity contribution is 9.09. The van der Waals surface area contributed by atoms with E-state index in [0.29, 0.717) is 11.8 Å². The van der Waals surface area contributed by atoms with Crippen LogP contribution in [0, 0.1) is 0 Å². The fraction of sp³-hybridized carbons (Fsp3) is 0.222. The van der Waals surface area contributed by atoms with E-state index >= 15 is 0 Å². The Labute approximate surface area is 84.9 Å². The van der Waals surface area contributed by atoms with Crippen LogP contribution in [0.5, 0.6) is 5.75 Å². The van der Waals surface area contributed by atoms with Crippen LogP contribution < -0.4 is 5.32 Å². The minimum atomic E-state index is 0.00886. The lowest BCUT2D eigenvalue weighted by Gasteiger charge is -2.05. The normalized spacial score (nSPS) is 9.62. The molecule has 0 fully saturated rings. The van der Waals surface area contributed by atoms with Crippen molar-refractivity contribution in [2.75, 3.05) is 17.2 Å². The summed E-state index contributed by atoms with van der Waals surface area (Å²) in [5, 5.41) is 13.2. The summed E-state index contributed by atoms with van der Waals surface area (Å²) in [6, 6.07) is 4.87. The topological polar surface area (TPSA) is 49.3 Å². The first-order valence-electron chi connectivity index (χ1n) is 3.86. The van der Waals surface area contributed by atoms with Gasteiger partial charge in [-0.2, -0.15) is 0 Å². The summed E-state index contributed by atoms with van der Waals surface area (Å²) in [5.41, 5.74) is 1.12. The lowest BCUT2D eigenvalue weighted by molar-refractivity contribution is 0.112. The van der Waals surface area contributed by atoms with Crippen LogP contribution in [0.15, 0.2) is 18.2 Å². The second-order valence-corrected chi connectivity index (χ2v) is 3.30. The fourth-order valence-corrected chi connectivity index (χ4v) is 1.14. The van der Waals surface area contributed by atoms with Crippen LogP contribution in [0.25, 0.3) is 0 Å². The molecule has 1 aromatic carbocycles. The van der Waals surface area contributed by atoms with E-state index in [0.717, 1.165) is 17.6 Å². The molecule has 0 aromatic heterocycles. The van der Waals surface area contributed by atoms with Crippen LogP contribution in [0.4, 0.5) is 5.69 Å². The number of phenolic OH excluding ortho intramolecular Hbond substituents is 1.